The van der Waals surface area contributed by atoms with Crippen LogP contribution in [0.1, 0.15) is 55.6 Å². The SMILES string of the molecule is CC(C)c1cc(C(=O)NC2CCN(C)C(C)C2)cc(N)n1. The Balaban J connectivity index is 2.07. The van der Waals surface area contributed by atoms with Crippen molar-refractivity contribution in [2.45, 2.75) is 51.6 Å². The number of nitrogens with zero attached hydrogens (tertiary/aromatic N) is 2. The molecule has 0 spiro atoms. The minimum Gasteiger partial charge on any atom is -0.384 e. The van der Waals surface area contributed by atoms with Crippen molar-refractivity contribution in [1.29, 1.82) is 0 Å². The molecule has 1 saturated heterocycles. The molecule has 0 aromatic carbocycles. The molecule has 1 aromatic heterocycles. The number of piperidine rings is 1. The first kappa shape index (κ1) is 15.8. The van der Waals surface area contributed by atoms with Gasteiger partial charge in [0.2, 0.25) is 0 Å². The van der Waals surface area contributed by atoms with E-state index in [2.05, 4.69) is 29.2 Å². The van der Waals surface area contributed by atoms with Gasteiger partial charge < -0.3 is 16.0 Å². The minimum absolute atomic E-state index is 0.0484. The van der Waals surface area contributed by atoms with Crippen molar-refractivity contribution in [2.24, 2.45) is 0 Å². The highest BCUT2D eigenvalue weighted by Gasteiger charge is 2.24. The lowest BCUT2D eigenvalue weighted by atomic mass is 9.98. The van der Waals surface area contributed by atoms with Crippen LogP contribution in [0.5, 0.6) is 0 Å². The molecule has 116 valence electrons. The molecule has 2 rings (SSSR count). The highest BCUT2D eigenvalue weighted by molar-refractivity contribution is 5.95. The van der Waals surface area contributed by atoms with Gasteiger partial charge in [-0.1, -0.05) is 13.8 Å². The van der Waals surface area contributed by atoms with Crippen LogP contribution in [0.4, 0.5) is 5.82 Å². The Kier molecular flexibility index (Phi) is 4.83. The van der Waals surface area contributed by atoms with Crippen LogP contribution in [0.3, 0.4) is 0 Å². The van der Waals surface area contributed by atoms with Gasteiger partial charge in [0.1, 0.15) is 5.82 Å². The summed E-state index contributed by atoms with van der Waals surface area (Å²) in [6, 6.07) is 4.23. The van der Waals surface area contributed by atoms with Gasteiger partial charge in [-0.3, -0.25) is 4.79 Å². The molecule has 1 aromatic rings. The molecule has 21 heavy (non-hydrogen) atoms. The summed E-state index contributed by atoms with van der Waals surface area (Å²) < 4.78 is 0. The molecule has 0 bridgehead atoms. The van der Waals surface area contributed by atoms with Crippen molar-refractivity contribution < 1.29 is 4.79 Å². The topological polar surface area (TPSA) is 71.2 Å². The molecule has 1 aliphatic rings. The fourth-order valence-corrected chi connectivity index (χ4v) is 2.69. The first-order valence-electron chi connectivity index (χ1n) is 7.65. The van der Waals surface area contributed by atoms with Gasteiger partial charge in [0.25, 0.3) is 5.91 Å². The summed E-state index contributed by atoms with van der Waals surface area (Å²) in [6.07, 6.45) is 1.98. The number of amides is 1. The van der Waals surface area contributed by atoms with Gasteiger partial charge in [-0.25, -0.2) is 4.98 Å². The summed E-state index contributed by atoms with van der Waals surface area (Å²) in [5.41, 5.74) is 7.28. The molecule has 5 nitrogen and oxygen atoms in total. The Bertz CT molecular complexity index is 515. The molecular weight excluding hydrogens is 264 g/mol. The lowest BCUT2D eigenvalue weighted by Crippen LogP contribution is -2.47. The lowest BCUT2D eigenvalue weighted by Gasteiger charge is -2.35. The molecule has 1 aliphatic heterocycles. The second kappa shape index (κ2) is 6.43. The standard InChI is InChI=1S/C16H26N4O/c1-10(2)14-8-12(9-15(17)19-14)16(21)18-13-5-6-20(4)11(3)7-13/h8-11,13H,5-7H2,1-4H3,(H2,17,19)(H,18,21). The summed E-state index contributed by atoms with van der Waals surface area (Å²) >= 11 is 0. The zero-order valence-electron chi connectivity index (χ0n) is 13.4. The Morgan fingerprint density at radius 1 is 1.48 bits per heavy atom. The Morgan fingerprint density at radius 3 is 2.81 bits per heavy atom. The lowest BCUT2D eigenvalue weighted by molar-refractivity contribution is 0.0896. The third kappa shape index (κ3) is 3.94. The molecule has 0 radical (unpaired) electrons. The zero-order valence-corrected chi connectivity index (χ0v) is 13.4. The zero-order chi connectivity index (χ0) is 15.6. The number of anilines is 1. The van der Waals surface area contributed by atoms with Crippen LogP contribution in [-0.2, 0) is 0 Å². The molecule has 0 saturated carbocycles. The van der Waals surface area contributed by atoms with Gasteiger partial charge in [0, 0.05) is 29.9 Å². The van der Waals surface area contributed by atoms with E-state index in [0.29, 0.717) is 17.4 Å². The maximum Gasteiger partial charge on any atom is 0.251 e. The predicted octanol–water partition coefficient (Wildman–Crippen LogP) is 2.00. The molecule has 0 aliphatic carbocycles. The van der Waals surface area contributed by atoms with Gasteiger partial charge in [0.05, 0.1) is 0 Å². The highest BCUT2D eigenvalue weighted by Crippen LogP contribution is 2.18. The highest BCUT2D eigenvalue weighted by atomic mass is 16.1. The number of nitrogen functional groups attached to an aromatic ring is 1. The second-order valence-corrected chi connectivity index (χ2v) is 6.38. The van der Waals surface area contributed by atoms with Crippen LogP contribution in [0.2, 0.25) is 0 Å². The van der Waals surface area contributed by atoms with Gasteiger partial charge >= 0.3 is 0 Å². The fourth-order valence-electron chi connectivity index (χ4n) is 2.69. The molecule has 1 fully saturated rings. The monoisotopic (exact) mass is 290 g/mol. The van der Waals surface area contributed by atoms with Crippen molar-refractivity contribution in [2.75, 3.05) is 19.3 Å². The molecule has 5 heteroatoms. The number of carbonyl (C=O) groups excluding carboxylic acids is 1. The van der Waals surface area contributed by atoms with E-state index < -0.39 is 0 Å². The average Bonchev–Trinajstić information content (AvgIpc) is 2.42. The van der Waals surface area contributed by atoms with Crippen molar-refractivity contribution in [3.05, 3.63) is 23.4 Å². The summed E-state index contributed by atoms with van der Waals surface area (Å²) in [5.74, 6) is 0.610. The first-order chi connectivity index (χ1) is 9.86. The molecular formula is C16H26N4O. The largest absolute Gasteiger partial charge is 0.384 e. The van der Waals surface area contributed by atoms with Crippen LogP contribution in [0, 0.1) is 0 Å². The Hall–Kier alpha value is -1.62. The third-order valence-electron chi connectivity index (χ3n) is 4.26. The van der Waals surface area contributed by atoms with Crippen molar-refractivity contribution >= 4 is 11.7 Å². The average molecular weight is 290 g/mol. The van der Waals surface area contributed by atoms with E-state index in [1.165, 1.54) is 0 Å². The van der Waals surface area contributed by atoms with E-state index in [9.17, 15) is 4.79 Å². The molecule has 3 N–H and O–H groups in total. The summed E-state index contributed by atoms with van der Waals surface area (Å²) in [6.45, 7) is 7.30. The van der Waals surface area contributed by atoms with Crippen molar-refractivity contribution in [3.8, 4) is 0 Å². The molecule has 2 atom stereocenters. The number of aromatic nitrogens is 1. The molecule has 2 unspecified atom stereocenters. The van der Waals surface area contributed by atoms with Crippen LogP contribution >= 0.6 is 0 Å². The second-order valence-electron chi connectivity index (χ2n) is 6.38. The Morgan fingerprint density at radius 2 is 2.19 bits per heavy atom. The number of nitrogens with one attached hydrogen (secondary N) is 1. The quantitative estimate of drug-likeness (QED) is 0.893. The van der Waals surface area contributed by atoms with Crippen molar-refractivity contribution in [1.82, 2.24) is 15.2 Å². The number of pyridine rings is 1. The predicted molar refractivity (Wildman–Crippen MR) is 85.3 cm³/mol. The molecule has 1 amide bonds. The van der Waals surface area contributed by atoms with E-state index >= 15 is 0 Å². The number of hydrogen-bond acceptors (Lipinski definition) is 4. The van der Waals surface area contributed by atoms with Gasteiger partial charge in [-0.05, 0) is 44.9 Å². The Labute approximate surface area is 126 Å². The van der Waals surface area contributed by atoms with E-state index in [-0.39, 0.29) is 17.9 Å². The third-order valence-corrected chi connectivity index (χ3v) is 4.26. The van der Waals surface area contributed by atoms with Crippen LogP contribution in [0.15, 0.2) is 12.1 Å². The molecule has 2 heterocycles. The van der Waals surface area contributed by atoms with E-state index in [4.69, 9.17) is 5.73 Å². The van der Waals surface area contributed by atoms with E-state index in [0.717, 1.165) is 25.1 Å². The van der Waals surface area contributed by atoms with Crippen LogP contribution < -0.4 is 11.1 Å². The van der Waals surface area contributed by atoms with E-state index in [1.54, 1.807) is 6.07 Å². The van der Waals surface area contributed by atoms with Crippen LogP contribution in [-0.4, -0.2) is 41.5 Å². The van der Waals surface area contributed by atoms with Gasteiger partial charge in [-0.2, -0.15) is 0 Å². The maximum atomic E-state index is 12.4. The summed E-state index contributed by atoms with van der Waals surface area (Å²) in [7, 11) is 2.13. The summed E-state index contributed by atoms with van der Waals surface area (Å²) in [4.78, 5) is 19.0. The van der Waals surface area contributed by atoms with Gasteiger partial charge in [-0.15, -0.1) is 0 Å². The minimum atomic E-state index is -0.0484. The normalized spacial score (nSPS) is 23.3. The summed E-state index contributed by atoms with van der Waals surface area (Å²) in [5, 5.41) is 3.13. The maximum absolute atomic E-state index is 12.4. The number of likely N-dealkylation sites (tertiary alicyclic amines) is 1. The fraction of sp³-hybridized carbons (Fsp3) is 0.625. The van der Waals surface area contributed by atoms with Gasteiger partial charge in [0.15, 0.2) is 0 Å². The number of nitrogens with two attached hydrogens (primary N) is 1. The van der Waals surface area contributed by atoms with Crippen LogP contribution in [0.25, 0.3) is 0 Å². The number of rotatable bonds is 3. The number of carbonyl (C=O) groups is 1. The van der Waals surface area contributed by atoms with Crippen molar-refractivity contribution in [3.63, 3.8) is 0 Å². The smallest absolute Gasteiger partial charge is 0.251 e. The number of hydrogen-bond donors (Lipinski definition) is 2. The van der Waals surface area contributed by atoms with E-state index in [1.807, 2.05) is 19.9 Å². The first-order valence-corrected chi connectivity index (χ1v) is 7.65.